The van der Waals surface area contributed by atoms with Gasteiger partial charge in [-0.15, -0.1) is 10.2 Å². The number of ether oxygens (including phenoxy) is 1. The molecule has 0 fully saturated rings. The quantitative estimate of drug-likeness (QED) is 0.491. The molecule has 2 heterocycles. The molecule has 2 aromatic heterocycles. The fraction of sp³-hybridized carbons (Fsp3) is 0.143. The summed E-state index contributed by atoms with van der Waals surface area (Å²) >= 11 is 1.36. The van der Waals surface area contributed by atoms with Crippen LogP contribution in [-0.4, -0.2) is 38.6 Å². The molecule has 0 unspecified atom stereocenters. The molecular formula is C21H19N5O2S. The summed E-state index contributed by atoms with van der Waals surface area (Å²) in [4.78, 5) is 12.3. The molecule has 0 atom stereocenters. The zero-order valence-corrected chi connectivity index (χ0v) is 16.8. The molecule has 1 amide bonds. The molecule has 0 bridgehead atoms. The van der Waals surface area contributed by atoms with Gasteiger partial charge in [0.05, 0.1) is 12.9 Å². The van der Waals surface area contributed by atoms with Crippen molar-refractivity contribution in [2.75, 3.05) is 18.2 Å². The number of benzene rings is 2. The minimum absolute atomic E-state index is 0.0818. The Morgan fingerprint density at radius 3 is 2.69 bits per heavy atom. The first-order chi connectivity index (χ1) is 14.1. The van der Waals surface area contributed by atoms with Crippen LogP contribution in [0.5, 0.6) is 5.75 Å². The van der Waals surface area contributed by atoms with Crippen molar-refractivity contribution < 1.29 is 9.53 Å². The number of hydrogen-bond acceptors (Lipinski definition) is 6. The number of thioether (sulfide) groups is 1. The maximum absolute atomic E-state index is 12.3. The molecule has 4 aromatic rings. The molecule has 0 aliphatic carbocycles. The third-order valence-electron chi connectivity index (χ3n) is 4.24. The number of amides is 1. The number of nitrogens with one attached hydrogen (secondary N) is 1. The SMILES string of the molecule is COc1ccc(-c2nnc3ccc(SCC(=O)Nc4cccc(C)c4)nn23)cc1. The third-order valence-corrected chi connectivity index (χ3v) is 5.16. The van der Waals surface area contributed by atoms with Crippen LogP contribution in [0.4, 0.5) is 5.69 Å². The van der Waals surface area contributed by atoms with E-state index in [0.717, 1.165) is 22.6 Å². The summed E-state index contributed by atoms with van der Waals surface area (Å²) in [5.41, 5.74) is 3.41. The van der Waals surface area contributed by atoms with Gasteiger partial charge in [-0.3, -0.25) is 4.79 Å². The van der Waals surface area contributed by atoms with Gasteiger partial charge in [-0.25, -0.2) is 0 Å². The van der Waals surface area contributed by atoms with E-state index >= 15 is 0 Å². The average Bonchev–Trinajstić information content (AvgIpc) is 3.15. The number of carbonyl (C=O) groups is 1. The minimum Gasteiger partial charge on any atom is -0.497 e. The second-order valence-electron chi connectivity index (χ2n) is 6.40. The predicted octanol–water partition coefficient (Wildman–Crippen LogP) is 3.84. The molecule has 0 aliphatic rings. The van der Waals surface area contributed by atoms with Crippen LogP contribution in [-0.2, 0) is 4.79 Å². The van der Waals surface area contributed by atoms with E-state index in [1.807, 2.05) is 67.6 Å². The number of anilines is 1. The maximum atomic E-state index is 12.3. The van der Waals surface area contributed by atoms with Crippen molar-refractivity contribution in [2.45, 2.75) is 11.9 Å². The fourth-order valence-electron chi connectivity index (χ4n) is 2.83. The van der Waals surface area contributed by atoms with Crippen molar-refractivity contribution in [3.05, 3.63) is 66.2 Å². The van der Waals surface area contributed by atoms with Gasteiger partial charge in [-0.2, -0.15) is 9.61 Å². The van der Waals surface area contributed by atoms with Gasteiger partial charge in [0.25, 0.3) is 0 Å². The van der Waals surface area contributed by atoms with Gasteiger partial charge in [0.15, 0.2) is 11.5 Å². The lowest BCUT2D eigenvalue weighted by Gasteiger charge is -2.06. The summed E-state index contributed by atoms with van der Waals surface area (Å²) in [6, 6.07) is 18.9. The van der Waals surface area contributed by atoms with E-state index < -0.39 is 0 Å². The highest BCUT2D eigenvalue weighted by Gasteiger charge is 2.11. The molecule has 1 N–H and O–H groups in total. The first kappa shape index (κ1) is 18.9. The average molecular weight is 405 g/mol. The molecule has 29 heavy (non-hydrogen) atoms. The summed E-state index contributed by atoms with van der Waals surface area (Å²) in [7, 11) is 1.63. The predicted molar refractivity (Wildman–Crippen MR) is 113 cm³/mol. The van der Waals surface area contributed by atoms with Gasteiger partial charge in [0.1, 0.15) is 10.8 Å². The van der Waals surface area contributed by atoms with Crippen LogP contribution < -0.4 is 10.1 Å². The molecule has 2 aromatic carbocycles. The molecule has 0 saturated carbocycles. The lowest BCUT2D eigenvalue weighted by molar-refractivity contribution is -0.113. The van der Waals surface area contributed by atoms with Gasteiger partial charge < -0.3 is 10.1 Å². The summed E-state index contributed by atoms with van der Waals surface area (Å²) in [6.45, 7) is 1.99. The van der Waals surface area contributed by atoms with E-state index in [-0.39, 0.29) is 11.7 Å². The number of carbonyl (C=O) groups excluding carboxylic acids is 1. The lowest BCUT2D eigenvalue weighted by Crippen LogP contribution is -2.14. The number of hydrogen-bond donors (Lipinski definition) is 1. The van der Waals surface area contributed by atoms with Gasteiger partial charge in [-0.05, 0) is 61.0 Å². The Hall–Kier alpha value is -3.39. The number of fused-ring (bicyclic) bond motifs is 1. The number of aromatic nitrogens is 4. The number of rotatable bonds is 6. The Morgan fingerprint density at radius 2 is 1.93 bits per heavy atom. The van der Waals surface area contributed by atoms with Crippen molar-refractivity contribution in [2.24, 2.45) is 0 Å². The molecule has 7 nitrogen and oxygen atoms in total. The lowest BCUT2D eigenvalue weighted by atomic mass is 10.2. The van der Waals surface area contributed by atoms with Crippen molar-refractivity contribution in [1.29, 1.82) is 0 Å². The standard InChI is InChI=1S/C21H19N5O2S/c1-14-4-3-5-16(12-14)22-19(27)13-29-20-11-10-18-23-24-21(26(18)25-20)15-6-8-17(28-2)9-7-15/h3-12H,13H2,1-2H3,(H,22,27). The van der Waals surface area contributed by atoms with Crippen LogP contribution in [0.3, 0.4) is 0 Å². The highest BCUT2D eigenvalue weighted by atomic mass is 32.2. The van der Waals surface area contributed by atoms with E-state index in [1.54, 1.807) is 11.6 Å². The second kappa shape index (κ2) is 8.32. The zero-order chi connectivity index (χ0) is 20.2. The monoisotopic (exact) mass is 405 g/mol. The summed E-state index contributed by atoms with van der Waals surface area (Å²) in [5.74, 6) is 1.58. The van der Waals surface area contributed by atoms with Crippen LogP contribution >= 0.6 is 11.8 Å². The Morgan fingerprint density at radius 1 is 1.10 bits per heavy atom. The number of nitrogens with zero attached hydrogens (tertiary/aromatic N) is 4. The van der Waals surface area contributed by atoms with Crippen molar-refractivity contribution >= 4 is 29.0 Å². The number of aryl methyl sites for hydroxylation is 1. The third kappa shape index (κ3) is 4.38. The van der Waals surface area contributed by atoms with E-state index in [4.69, 9.17) is 4.74 Å². The highest BCUT2D eigenvalue weighted by molar-refractivity contribution is 7.99. The van der Waals surface area contributed by atoms with Crippen LogP contribution in [0.15, 0.2) is 65.7 Å². The Kier molecular flexibility index (Phi) is 5.44. The van der Waals surface area contributed by atoms with Crippen LogP contribution in [0.1, 0.15) is 5.56 Å². The Bertz CT molecular complexity index is 1160. The van der Waals surface area contributed by atoms with Crippen LogP contribution in [0.2, 0.25) is 0 Å². The highest BCUT2D eigenvalue weighted by Crippen LogP contribution is 2.23. The second-order valence-corrected chi connectivity index (χ2v) is 7.40. The smallest absolute Gasteiger partial charge is 0.234 e. The summed E-state index contributed by atoms with van der Waals surface area (Å²) < 4.78 is 6.88. The van der Waals surface area contributed by atoms with E-state index in [9.17, 15) is 4.79 Å². The Balaban J connectivity index is 1.49. The summed E-state index contributed by atoms with van der Waals surface area (Å²) in [5, 5.41) is 16.6. The Labute approximate surface area is 172 Å². The van der Waals surface area contributed by atoms with E-state index in [1.165, 1.54) is 11.8 Å². The molecule has 0 aliphatic heterocycles. The van der Waals surface area contributed by atoms with E-state index in [2.05, 4.69) is 20.6 Å². The molecule has 4 rings (SSSR count). The largest absolute Gasteiger partial charge is 0.497 e. The van der Waals surface area contributed by atoms with Gasteiger partial charge in [0, 0.05) is 11.3 Å². The molecular weight excluding hydrogens is 386 g/mol. The van der Waals surface area contributed by atoms with Gasteiger partial charge in [-0.1, -0.05) is 23.9 Å². The summed E-state index contributed by atoms with van der Waals surface area (Å²) in [6.07, 6.45) is 0. The van der Waals surface area contributed by atoms with Crippen LogP contribution in [0, 0.1) is 6.92 Å². The molecule has 0 spiro atoms. The first-order valence-electron chi connectivity index (χ1n) is 8.98. The minimum atomic E-state index is -0.0818. The van der Waals surface area contributed by atoms with Gasteiger partial charge in [0.2, 0.25) is 5.91 Å². The van der Waals surface area contributed by atoms with Crippen LogP contribution in [0.25, 0.3) is 17.0 Å². The molecule has 0 radical (unpaired) electrons. The normalized spacial score (nSPS) is 10.8. The van der Waals surface area contributed by atoms with E-state index in [0.29, 0.717) is 16.5 Å². The topological polar surface area (TPSA) is 81.4 Å². The first-order valence-corrected chi connectivity index (χ1v) is 9.97. The van der Waals surface area contributed by atoms with Crippen molar-refractivity contribution in [3.63, 3.8) is 0 Å². The van der Waals surface area contributed by atoms with Crippen molar-refractivity contribution in [3.8, 4) is 17.1 Å². The van der Waals surface area contributed by atoms with Crippen molar-refractivity contribution in [1.82, 2.24) is 19.8 Å². The molecule has 0 saturated heterocycles. The fourth-order valence-corrected chi connectivity index (χ4v) is 3.48. The van der Waals surface area contributed by atoms with Gasteiger partial charge >= 0.3 is 0 Å². The maximum Gasteiger partial charge on any atom is 0.234 e. The molecule has 8 heteroatoms. The number of methoxy groups -OCH3 is 1. The zero-order valence-electron chi connectivity index (χ0n) is 16.0. The molecule has 146 valence electrons.